The molecule has 96 valence electrons. The second kappa shape index (κ2) is 5.06. The van der Waals surface area contributed by atoms with Crippen LogP contribution in [-0.4, -0.2) is 32.9 Å². The third-order valence-corrected chi connectivity index (χ3v) is 2.98. The van der Waals surface area contributed by atoms with Crippen LogP contribution in [0.3, 0.4) is 0 Å². The first kappa shape index (κ1) is 12.4. The van der Waals surface area contributed by atoms with E-state index in [-0.39, 0.29) is 5.69 Å². The summed E-state index contributed by atoms with van der Waals surface area (Å²) < 4.78 is 3.35. The summed E-state index contributed by atoms with van der Waals surface area (Å²) in [6.07, 6.45) is 5.26. The number of hydrogen-bond donors (Lipinski definition) is 2. The van der Waals surface area contributed by atoms with Gasteiger partial charge in [0.2, 0.25) is 0 Å². The van der Waals surface area contributed by atoms with Crippen LogP contribution in [-0.2, 0) is 6.54 Å². The Morgan fingerprint density at radius 2 is 2.18 bits per heavy atom. The topological polar surface area (TPSA) is 59.2 Å². The van der Waals surface area contributed by atoms with Gasteiger partial charge >= 0.3 is 5.69 Å². The Morgan fingerprint density at radius 3 is 2.76 bits per heavy atom. The second-order valence-corrected chi connectivity index (χ2v) is 5.09. The largest absolute Gasteiger partial charge is 0.390 e. The van der Waals surface area contributed by atoms with E-state index in [0.29, 0.717) is 25.2 Å². The van der Waals surface area contributed by atoms with Gasteiger partial charge in [0.25, 0.3) is 0 Å². The van der Waals surface area contributed by atoms with E-state index in [4.69, 9.17) is 0 Å². The van der Waals surface area contributed by atoms with Crippen molar-refractivity contribution in [3.63, 3.8) is 0 Å². The highest BCUT2D eigenvalue weighted by Crippen LogP contribution is 2.33. The number of aliphatic hydroxyl groups is 1. The molecule has 0 aromatic carbocycles. The fourth-order valence-corrected chi connectivity index (χ4v) is 1.86. The van der Waals surface area contributed by atoms with Crippen molar-refractivity contribution in [1.29, 1.82) is 0 Å². The Kier molecular flexibility index (Phi) is 3.69. The molecule has 1 aliphatic rings. The van der Waals surface area contributed by atoms with Crippen molar-refractivity contribution in [3.05, 3.63) is 22.9 Å². The van der Waals surface area contributed by atoms with Crippen LogP contribution in [0, 0.1) is 0 Å². The fourth-order valence-electron chi connectivity index (χ4n) is 1.86. The molecule has 17 heavy (non-hydrogen) atoms. The average Bonchev–Trinajstić information content (AvgIpc) is 3.04. The van der Waals surface area contributed by atoms with E-state index in [0.717, 1.165) is 12.8 Å². The Balaban J connectivity index is 1.91. The van der Waals surface area contributed by atoms with E-state index in [1.807, 2.05) is 20.0 Å². The van der Waals surface area contributed by atoms with Crippen LogP contribution < -0.4 is 11.0 Å². The molecule has 1 atom stereocenters. The minimum absolute atomic E-state index is 0.00361. The quantitative estimate of drug-likeness (QED) is 0.753. The molecule has 0 amide bonds. The summed E-state index contributed by atoms with van der Waals surface area (Å²) in [7, 11) is 0. The van der Waals surface area contributed by atoms with Crippen LogP contribution >= 0.6 is 0 Å². The SMILES string of the molecule is CC(C)NCC(O)Cn1ccn(C2CC2)c1=O. The number of aromatic nitrogens is 2. The second-order valence-electron chi connectivity index (χ2n) is 5.09. The highest BCUT2D eigenvalue weighted by Gasteiger charge is 2.25. The molecule has 1 fully saturated rings. The first-order valence-corrected chi connectivity index (χ1v) is 6.26. The van der Waals surface area contributed by atoms with Gasteiger partial charge in [0.1, 0.15) is 0 Å². The normalized spacial score (nSPS) is 17.6. The van der Waals surface area contributed by atoms with Gasteiger partial charge in [-0.3, -0.25) is 9.13 Å². The van der Waals surface area contributed by atoms with Crippen LogP contribution in [0.15, 0.2) is 17.2 Å². The summed E-state index contributed by atoms with van der Waals surface area (Å²) in [5.41, 5.74) is -0.00361. The molecule has 1 aromatic rings. The van der Waals surface area contributed by atoms with Gasteiger partial charge in [0.05, 0.1) is 12.6 Å². The molecule has 2 N–H and O–H groups in total. The lowest BCUT2D eigenvalue weighted by atomic mass is 10.3. The van der Waals surface area contributed by atoms with Gasteiger partial charge in [-0.15, -0.1) is 0 Å². The summed E-state index contributed by atoms with van der Waals surface area (Å²) in [6, 6.07) is 0.743. The molecule has 0 saturated heterocycles. The van der Waals surface area contributed by atoms with Gasteiger partial charge in [-0.1, -0.05) is 13.8 Å². The minimum atomic E-state index is -0.523. The van der Waals surface area contributed by atoms with Gasteiger partial charge in [-0.05, 0) is 12.8 Å². The van der Waals surface area contributed by atoms with Gasteiger partial charge in [-0.25, -0.2) is 4.79 Å². The van der Waals surface area contributed by atoms with E-state index < -0.39 is 6.10 Å². The van der Waals surface area contributed by atoms with Gasteiger partial charge < -0.3 is 10.4 Å². The van der Waals surface area contributed by atoms with Crippen molar-refractivity contribution < 1.29 is 5.11 Å². The first-order chi connectivity index (χ1) is 8.08. The van der Waals surface area contributed by atoms with Gasteiger partial charge in [0.15, 0.2) is 0 Å². The number of nitrogens with zero attached hydrogens (tertiary/aromatic N) is 2. The monoisotopic (exact) mass is 239 g/mol. The van der Waals surface area contributed by atoms with Crippen molar-refractivity contribution >= 4 is 0 Å². The molecule has 0 radical (unpaired) electrons. The summed E-state index contributed by atoms with van der Waals surface area (Å²) in [5, 5.41) is 13.0. The highest BCUT2D eigenvalue weighted by atomic mass is 16.3. The van der Waals surface area contributed by atoms with E-state index >= 15 is 0 Å². The molecular formula is C12H21N3O2. The molecule has 1 saturated carbocycles. The summed E-state index contributed by atoms with van der Waals surface area (Å²) in [4.78, 5) is 11.9. The van der Waals surface area contributed by atoms with Crippen molar-refractivity contribution in [2.75, 3.05) is 6.54 Å². The van der Waals surface area contributed by atoms with Crippen LogP contribution in [0.4, 0.5) is 0 Å². The smallest absolute Gasteiger partial charge is 0.328 e. The minimum Gasteiger partial charge on any atom is -0.390 e. The van der Waals surface area contributed by atoms with Gasteiger partial charge in [0, 0.05) is 31.0 Å². The predicted molar refractivity (Wildman–Crippen MR) is 66.1 cm³/mol. The standard InChI is InChI=1S/C12H21N3O2/c1-9(2)13-7-11(16)8-14-5-6-15(12(14)17)10-3-4-10/h5-6,9-11,13,16H,3-4,7-8H2,1-2H3. The Labute approximate surface area is 101 Å². The highest BCUT2D eigenvalue weighted by molar-refractivity contribution is 4.91. The number of rotatable bonds is 6. The summed E-state index contributed by atoms with van der Waals surface area (Å²) in [5.74, 6) is 0. The maximum atomic E-state index is 11.9. The van der Waals surface area contributed by atoms with Crippen LogP contribution in [0.25, 0.3) is 0 Å². The van der Waals surface area contributed by atoms with E-state index in [1.165, 1.54) is 0 Å². The van der Waals surface area contributed by atoms with Crippen LogP contribution in [0.1, 0.15) is 32.7 Å². The third-order valence-electron chi connectivity index (χ3n) is 2.98. The molecule has 1 unspecified atom stereocenters. The lowest BCUT2D eigenvalue weighted by molar-refractivity contribution is 0.147. The molecule has 1 aromatic heterocycles. The van der Waals surface area contributed by atoms with Gasteiger partial charge in [-0.2, -0.15) is 0 Å². The predicted octanol–water partition coefficient (Wildman–Crippen LogP) is 0.344. The van der Waals surface area contributed by atoms with E-state index in [9.17, 15) is 9.90 Å². The molecule has 1 heterocycles. The Bertz CT molecular complexity index is 418. The van der Waals surface area contributed by atoms with E-state index in [2.05, 4.69) is 5.32 Å². The van der Waals surface area contributed by atoms with Crippen LogP contribution in [0.5, 0.6) is 0 Å². The van der Waals surface area contributed by atoms with Crippen molar-refractivity contribution in [2.45, 2.75) is 51.4 Å². The molecule has 5 nitrogen and oxygen atoms in total. The summed E-state index contributed by atoms with van der Waals surface area (Å²) in [6.45, 7) is 4.93. The summed E-state index contributed by atoms with van der Waals surface area (Å²) >= 11 is 0. The lowest BCUT2D eigenvalue weighted by Gasteiger charge is -2.14. The zero-order valence-corrected chi connectivity index (χ0v) is 10.5. The fraction of sp³-hybridized carbons (Fsp3) is 0.750. The van der Waals surface area contributed by atoms with Crippen LogP contribution in [0.2, 0.25) is 0 Å². The maximum Gasteiger partial charge on any atom is 0.328 e. The Hall–Kier alpha value is -1.07. The van der Waals surface area contributed by atoms with Crippen molar-refractivity contribution in [2.24, 2.45) is 0 Å². The van der Waals surface area contributed by atoms with Crippen molar-refractivity contribution in [1.82, 2.24) is 14.5 Å². The molecule has 1 aliphatic carbocycles. The van der Waals surface area contributed by atoms with E-state index in [1.54, 1.807) is 15.3 Å². The molecule has 0 spiro atoms. The average molecular weight is 239 g/mol. The zero-order chi connectivity index (χ0) is 12.4. The number of aliphatic hydroxyl groups excluding tert-OH is 1. The number of imidazole rings is 1. The lowest BCUT2D eigenvalue weighted by Crippen LogP contribution is -2.36. The molecule has 0 bridgehead atoms. The molecule has 0 aliphatic heterocycles. The Morgan fingerprint density at radius 1 is 1.47 bits per heavy atom. The molecular weight excluding hydrogens is 218 g/mol. The zero-order valence-electron chi connectivity index (χ0n) is 10.5. The number of nitrogens with one attached hydrogen (secondary N) is 1. The number of hydrogen-bond acceptors (Lipinski definition) is 3. The molecule has 2 rings (SSSR count). The molecule has 5 heteroatoms. The first-order valence-electron chi connectivity index (χ1n) is 6.26. The van der Waals surface area contributed by atoms with Crippen molar-refractivity contribution in [3.8, 4) is 0 Å². The maximum absolute atomic E-state index is 11.9. The third kappa shape index (κ3) is 3.20.